The molecule has 43 heavy (non-hydrogen) atoms. The third kappa shape index (κ3) is 5.25. The lowest BCUT2D eigenvalue weighted by molar-refractivity contribution is 0.0318. The summed E-state index contributed by atoms with van der Waals surface area (Å²) in [6, 6.07) is 1.62. The first-order chi connectivity index (χ1) is 20.8. The van der Waals surface area contributed by atoms with Crippen LogP contribution in [0.1, 0.15) is 169 Å². The Labute approximate surface area is 267 Å². The van der Waals surface area contributed by atoms with Crippen LogP contribution in [0.5, 0.6) is 0 Å². The minimum Gasteiger partial charge on any atom is -0.311 e. The Morgan fingerprint density at radius 3 is 1.70 bits per heavy atom. The Morgan fingerprint density at radius 1 is 0.395 bits per heavy atom. The average Bonchev–Trinajstić information content (AvgIpc) is 3.41. The number of nitrogens with one attached hydrogen (secondary N) is 1. The summed E-state index contributed by atoms with van der Waals surface area (Å²) in [4.78, 5) is 0. The third-order valence-electron chi connectivity index (χ3n) is 17.7. The maximum absolute atomic E-state index is 4.68. The molecule has 12 atom stereocenters. The normalized spacial score (nSPS) is 50.0. The molecule has 1 heteroatoms. The fourth-order valence-corrected chi connectivity index (χ4v) is 15.6. The third-order valence-corrected chi connectivity index (χ3v) is 17.7. The van der Waals surface area contributed by atoms with Crippen molar-refractivity contribution in [3.63, 3.8) is 0 Å². The Bertz CT molecular complexity index is 952. The van der Waals surface area contributed by atoms with Gasteiger partial charge in [0.25, 0.3) is 0 Å². The second-order valence-electron chi connectivity index (χ2n) is 19.8. The van der Waals surface area contributed by atoms with E-state index in [1.54, 1.807) is 64.2 Å². The first-order valence-electron chi connectivity index (χ1n) is 20.6. The predicted molar refractivity (Wildman–Crippen MR) is 182 cm³/mol. The van der Waals surface area contributed by atoms with Gasteiger partial charge in [-0.1, -0.05) is 105 Å². The van der Waals surface area contributed by atoms with Gasteiger partial charge in [0.2, 0.25) is 0 Å². The molecule has 0 heterocycles. The Hall–Kier alpha value is -0.0400. The molecule has 8 aliphatic rings. The molecule has 1 N–H and O–H groups in total. The van der Waals surface area contributed by atoms with Crippen molar-refractivity contribution in [3.8, 4) is 0 Å². The van der Waals surface area contributed by atoms with Crippen LogP contribution in [-0.2, 0) is 0 Å². The van der Waals surface area contributed by atoms with Gasteiger partial charge >= 0.3 is 0 Å². The van der Waals surface area contributed by atoms with Crippen molar-refractivity contribution in [2.24, 2.45) is 81.8 Å². The van der Waals surface area contributed by atoms with Gasteiger partial charge in [0.1, 0.15) is 0 Å². The maximum Gasteiger partial charge on any atom is 0.0106 e. The first-order valence-corrected chi connectivity index (χ1v) is 20.6. The van der Waals surface area contributed by atoms with Crippen LogP contribution in [-0.4, -0.2) is 12.1 Å². The molecule has 0 spiro atoms. The van der Waals surface area contributed by atoms with Crippen molar-refractivity contribution >= 4 is 0 Å². The van der Waals surface area contributed by atoms with Gasteiger partial charge in [0.15, 0.2) is 0 Å². The number of fused-ring (bicyclic) bond motifs is 6. The van der Waals surface area contributed by atoms with E-state index in [1.807, 2.05) is 0 Å². The SMILES string of the molecule is CC1(C)C2CCCCC2C2CCC(NC3CC(C4CCCCC4)CC4C3C3CCC(C5CCCCC5)CC3C4(C)C)CC21. The van der Waals surface area contributed by atoms with Crippen LogP contribution < -0.4 is 5.32 Å². The van der Waals surface area contributed by atoms with Crippen LogP contribution in [0.2, 0.25) is 0 Å². The van der Waals surface area contributed by atoms with Gasteiger partial charge in [-0.15, -0.1) is 0 Å². The van der Waals surface area contributed by atoms with E-state index in [-0.39, 0.29) is 0 Å². The Morgan fingerprint density at radius 2 is 0.953 bits per heavy atom. The molecule has 0 bridgehead atoms. The van der Waals surface area contributed by atoms with E-state index in [0.29, 0.717) is 10.8 Å². The molecule has 0 amide bonds. The zero-order chi connectivity index (χ0) is 29.3. The monoisotopic (exact) mass is 590 g/mol. The molecule has 0 aromatic rings. The molecule has 1 nitrogen and oxygen atoms in total. The van der Waals surface area contributed by atoms with Gasteiger partial charge < -0.3 is 5.32 Å². The quantitative estimate of drug-likeness (QED) is 0.344. The van der Waals surface area contributed by atoms with Gasteiger partial charge in [-0.2, -0.15) is 0 Å². The van der Waals surface area contributed by atoms with E-state index in [9.17, 15) is 0 Å². The number of hydrogen-bond donors (Lipinski definition) is 1. The summed E-state index contributed by atoms with van der Waals surface area (Å²) in [5.41, 5.74) is 1.13. The lowest BCUT2D eigenvalue weighted by Crippen LogP contribution is -2.53. The summed E-state index contributed by atoms with van der Waals surface area (Å²) in [5.74, 6) is 12.3. The van der Waals surface area contributed by atoms with Crippen molar-refractivity contribution in [1.82, 2.24) is 5.32 Å². The maximum atomic E-state index is 4.68. The van der Waals surface area contributed by atoms with E-state index >= 15 is 0 Å². The highest BCUT2D eigenvalue weighted by Gasteiger charge is 2.62. The molecule has 8 saturated carbocycles. The Balaban J connectivity index is 1.03. The summed E-state index contributed by atoms with van der Waals surface area (Å²) in [6.45, 7) is 11.0. The van der Waals surface area contributed by atoms with E-state index < -0.39 is 0 Å². The van der Waals surface area contributed by atoms with Crippen molar-refractivity contribution in [2.75, 3.05) is 0 Å². The van der Waals surface area contributed by atoms with Crippen LogP contribution in [0.3, 0.4) is 0 Å². The van der Waals surface area contributed by atoms with E-state index in [0.717, 1.165) is 83.1 Å². The van der Waals surface area contributed by atoms with E-state index in [4.69, 9.17) is 0 Å². The molecule has 0 saturated heterocycles. The molecule has 0 aromatic carbocycles. The highest BCUT2D eigenvalue weighted by atomic mass is 15.0. The van der Waals surface area contributed by atoms with Crippen molar-refractivity contribution in [2.45, 2.75) is 181 Å². The van der Waals surface area contributed by atoms with Crippen LogP contribution in [0.15, 0.2) is 0 Å². The fraction of sp³-hybridized carbons (Fsp3) is 1.00. The van der Waals surface area contributed by atoms with Crippen LogP contribution in [0.4, 0.5) is 0 Å². The van der Waals surface area contributed by atoms with Crippen LogP contribution in [0, 0.1) is 81.8 Å². The van der Waals surface area contributed by atoms with Crippen molar-refractivity contribution in [3.05, 3.63) is 0 Å². The zero-order valence-electron chi connectivity index (χ0n) is 29.1. The molecule has 244 valence electrons. The summed E-state index contributed by atoms with van der Waals surface area (Å²) >= 11 is 0. The second-order valence-corrected chi connectivity index (χ2v) is 19.8. The van der Waals surface area contributed by atoms with Crippen LogP contribution >= 0.6 is 0 Å². The van der Waals surface area contributed by atoms with E-state index in [1.165, 1.54) is 77.0 Å². The first kappa shape index (κ1) is 30.3. The van der Waals surface area contributed by atoms with Crippen LogP contribution in [0.25, 0.3) is 0 Å². The second kappa shape index (κ2) is 11.9. The molecule has 0 aliphatic heterocycles. The van der Waals surface area contributed by atoms with Gasteiger partial charge in [-0.05, 0) is 146 Å². The molecular weight excluding hydrogens is 518 g/mol. The minimum atomic E-state index is 0.552. The number of hydrogen-bond acceptors (Lipinski definition) is 1. The topological polar surface area (TPSA) is 12.0 Å². The molecule has 0 aromatic heterocycles. The highest BCUT2D eigenvalue weighted by Crippen LogP contribution is 2.67. The van der Waals surface area contributed by atoms with Gasteiger partial charge in [0, 0.05) is 12.1 Å². The largest absolute Gasteiger partial charge is 0.311 e. The highest BCUT2D eigenvalue weighted by molar-refractivity contribution is 5.12. The van der Waals surface area contributed by atoms with Gasteiger partial charge in [0.05, 0.1) is 0 Å². The minimum absolute atomic E-state index is 0.552. The van der Waals surface area contributed by atoms with Gasteiger partial charge in [-0.3, -0.25) is 0 Å². The number of rotatable bonds is 4. The average molecular weight is 590 g/mol. The summed E-state index contributed by atoms with van der Waals surface area (Å²) < 4.78 is 0. The van der Waals surface area contributed by atoms with Crippen molar-refractivity contribution in [1.29, 1.82) is 0 Å². The summed E-state index contributed by atoms with van der Waals surface area (Å²) in [6.07, 6.45) is 33.9. The standard InChI is InChI=1S/C42H71N/c1-41(2)35-18-12-11-17-32(35)33-22-20-31(26-37(33)41)43-39-25-30(28-15-9-6-10-16-28)24-38-40(39)34-21-19-29(23-36(34)42(38,3)4)27-13-7-5-8-14-27/h27-40,43H,5-26H2,1-4H3. The molecule has 8 fully saturated rings. The summed E-state index contributed by atoms with van der Waals surface area (Å²) in [7, 11) is 0. The Kier molecular flexibility index (Phi) is 8.38. The van der Waals surface area contributed by atoms with Gasteiger partial charge in [-0.25, -0.2) is 0 Å². The molecular formula is C42H71N. The predicted octanol–water partition coefficient (Wildman–Crippen LogP) is 11.5. The fourth-order valence-electron chi connectivity index (χ4n) is 15.6. The molecule has 0 radical (unpaired) electrons. The molecule has 12 unspecified atom stereocenters. The summed E-state index contributed by atoms with van der Waals surface area (Å²) in [5, 5.41) is 4.68. The lowest BCUT2D eigenvalue weighted by Gasteiger charge is -2.49. The van der Waals surface area contributed by atoms with Crippen molar-refractivity contribution < 1.29 is 0 Å². The molecule has 8 rings (SSSR count). The zero-order valence-corrected chi connectivity index (χ0v) is 29.1. The molecule has 8 aliphatic carbocycles. The lowest BCUT2D eigenvalue weighted by atomic mass is 9.60. The van der Waals surface area contributed by atoms with E-state index in [2.05, 4.69) is 33.0 Å². The smallest absolute Gasteiger partial charge is 0.0106 e.